The van der Waals surface area contributed by atoms with Crippen molar-refractivity contribution < 1.29 is 40.6 Å². The van der Waals surface area contributed by atoms with Gasteiger partial charge in [-0.15, -0.1) is 0 Å². The van der Waals surface area contributed by atoms with E-state index in [0.29, 0.717) is 12.8 Å². The van der Waals surface area contributed by atoms with Gasteiger partial charge in [-0.1, -0.05) is 77.0 Å². The minimum absolute atomic E-state index is 0.142. The monoisotopic (exact) mass is 840 g/mol. The Labute approximate surface area is 327 Å². The summed E-state index contributed by atoms with van der Waals surface area (Å²) in [6.45, 7) is 31.1. The summed E-state index contributed by atoms with van der Waals surface area (Å²) in [6, 6.07) is 2.34. The predicted molar refractivity (Wildman–Crippen MR) is 232 cm³/mol. The van der Waals surface area contributed by atoms with Crippen molar-refractivity contribution in [3.8, 4) is 0 Å². The Bertz CT molecular complexity index is 906. The maximum atomic E-state index is 12.1. The lowest BCUT2D eigenvalue weighted by atomic mass is 10.1. The van der Waals surface area contributed by atoms with E-state index < -0.39 is 56.5 Å². The molecule has 0 aromatic heterocycles. The Morgan fingerprint density at radius 1 is 0.423 bits per heavy atom. The van der Waals surface area contributed by atoms with Crippen LogP contribution in [0, 0.1) is 0 Å². The molecule has 0 rings (SSSR count). The summed E-state index contributed by atoms with van der Waals surface area (Å²) in [5.74, 6) is -0.613. The van der Waals surface area contributed by atoms with Crippen molar-refractivity contribution in [2.75, 3.05) is 13.2 Å². The Balaban J connectivity index is 3.80. The predicted octanol–water partition coefficient (Wildman–Crippen LogP) is 11.2. The SMILES string of the molecule is C[Si](C)(C)O[Si](C)(C)O[Si](C)(C)CCCCCCCCCC(=O)OCC(O)COC(=O)CCCCCCCCC[Si](C)(C)O[Si](C)(C)O[Si](C)(C)C. The van der Waals surface area contributed by atoms with Crippen LogP contribution in [0.3, 0.4) is 0 Å². The third-order valence-corrected chi connectivity index (χ3v) is 28.6. The Kier molecular flexibility index (Phi) is 25.3. The van der Waals surface area contributed by atoms with Gasteiger partial charge in [0.05, 0.1) is 0 Å². The number of rotatable bonds is 32. The largest absolute Gasteiger partial charge is 0.463 e. The van der Waals surface area contributed by atoms with Gasteiger partial charge in [-0.05, 0) is 117 Å². The molecule has 0 atom stereocenters. The zero-order valence-corrected chi connectivity index (χ0v) is 42.4. The summed E-state index contributed by atoms with van der Waals surface area (Å²) in [7, 11) is -10.8. The molecule has 52 heavy (non-hydrogen) atoms. The van der Waals surface area contributed by atoms with E-state index in [9.17, 15) is 14.7 Å². The molecular weight excluding hydrogens is 757 g/mol. The highest BCUT2D eigenvalue weighted by atomic mass is 28.5. The van der Waals surface area contributed by atoms with Crippen molar-refractivity contribution in [1.29, 1.82) is 0 Å². The van der Waals surface area contributed by atoms with Crippen molar-refractivity contribution in [1.82, 2.24) is 0 Å². The zero-order chi connectivity index (χ0) is 40.1. The van der Waals surface area contributed by atoms with Crippen molar-refractivity contribution in [3.05, 3.63) is 0 Å². The molecule has 310 valence electrons. The van der Waals surface area contributed by atoms with Crippen LogP contribution < -0.4 is 0 Å². The van der Waals surface area contributed by atoms with E-state index in [-0.39, 0.29) is 25.2 Å². The van der Waals surface area contributed by atoms with Gasteiger partial charge < -0.3 is 31.0 Å². The number of ether oxygens (including phenoxy) is 2. The quantitative estimate of drug-likeness (QED) is 0.0402. The molecule has 1 N–H and O–H groups in total. The number of carbonyl (C=O) groups is 2. The van der Waals surface area contributed by atoms with Crippen LogP contribution in [-0.4, -0.2) is 86.8 Å². The minimum atomic E-state index is -2.07. The first-order valence-electron chi connectivity index (χ1n) is 20.5. The lowest BCUT2D eigenvalue weighted by molar-refractivity contribution is -0.152. The maximum absolute atomic E-state index is 12.1. The average molecular weight is 842 g/mol. The molecular formula is C37H84O9Si6. The first-order chi connectivity index (χ1) is 23.7. The standard InChI is InChI=1S/C37H84O9Si6/c1-47(2,3)43-51(11,12)45-49(7,8)31-27-23-19-15-17-21-25-29-36(39)41-33-35(38)34-42-37(40)30-26-22-18-16-20-24-28-32-50(9,10)46-52(13,14)44-48(4,5)6/h35,38H,15-34H2,1-14H3. The van der Waals surface area contributed by atoms with Crippen LogP contribution in [0.4, 0.5) is 0 Å². The Morgan fingerprint density at radius 3 is 0.981 bits per heavy atom. The molecule has 0 aliphatic carbocycles. The third kappa shape index (κ3) is 33.4. The van der Waals surface area contributed by atoms with E-state index in [1.807, 2.05) is 0 Å². The van der Waals surface area contributed by atoms with E-state index in [2.05, 4.69) is 91.7 Å². The molecule has 0 aromatic rings. The molecule has 15 heteroatoms. The number of aliphatic hydroxyl groups is 1. The average Bonchev–Trinajstić information content (AvgIpc) is 2.93. The molecule has 0 fully saturated rings. The third-order valence-electron chi connectivity index (χ3n) is 8.34. The second kappa shape index (κ2) is 25.3. The lowest BCUT2D eigenvalue weighted by Gasteiger charge is -2.37. The van der Waals surface area contributed by atoms with Crippen LogP contribution in [0.25, 0.3) is 0 Å². The summed E-state index contributed by atoms with van der Waals surface area (Å²) in [5, 5.41) is 10.1. The summed E-state index contributed by atoms with van der Waals surface area (Å²) in [6.07, 6.45) is 15.1. The Morgan fingerprint density at radius 2 is 0.692 bits per heavy atom. The first kappa shape index (κ1) is 52.0. The number of hydrogen-bond acceptors (Lipinski definition) is 9. The second-order valence-electron chi connectivity index (χ2n) is 18.9. The Hall–Kier alpha value is 0.0413. The molecule has 0 spiro atoms. The first-order valence-corrected chi connectivity index (χ1v) is 39.2. The number of carbonyl (C=O) groups excluding carboxylic acids is 2. The molecule has 0 saturated carbocycles. The molecule has 0 aliphatic heterocycles. The zero-order valence-electron chi connectivity index (χ0n) is 36.4. The van der Waals surface area contributed by atoms with Crippen molar-refractivity contribution in [2.45, 2.75) is 213 Å². The van der Waals surface area contributed by atoms with Gasteiger partial charge in [0.2, 0.25) is 0 Å². The van der Waals surface area contributed by atoms with Gasteiger partial charge in [-0.3, -0.25) is 9.59 Å². The summed E-state index contributed by atoms with van der Waals surface area (Å²) in [4.78, 5) is 24.2. The fourth-order valence-corrected chi connectivity index (χ4v) is 33.5. The number of hydrogen-bond donors (Lipinski definition) is 1. The number of aliphatic hydroxyl groups excluding tert-OH is 1. The van der Waals surface area contributed by atoms with E-state index in [4.69, 9.17) is 25.9 Å². The summed E-state index contributed by atoms with van der Waals surface area (Å²) >= 11 is 0. The molecule has 0 heterocycles. The summed E-state index contributed by atoms with van der Waals surface area (Å²) < 4.78 is 36.4. The van der Waals surface area contributed by atoms with Crippen LogP contribution in [0.2, 0.25) is 104 Å². The normalized spacial score (nSPS) is 13.5. The van der Waals surface area contributed by atoms with Gasteiger partial charge in [-0.2, -0.15) is 0 Å². The molecule has 0 amide bonds. The van der Waals surface area contributed by atoms with E-state index in [1.54, 1.807) is 0 Å². The summed E-state index contributed by atoms with van der Waals surface area (Å²) in [5.41, 5.74) is 0. The molecule has 0 bridgehead atoms. The van der Waals surface area contributed by atoms with Gasteiger partial charge in [0.1, 0.15) is 19.3 Å². The van der Waals surface area contributed by atoms with Gasteiger partial charge in [0, 0.05) is 12.8 Å². The van der Waals surface area contributed by atoms with Crippen molar-refractivity contribution >= 4 is 62.3 Å². The smallest absolute Gasteiger partial charge is 0.311 e. The van der Waals surface area contributed by atoms with Gasteiger partial charge in [0.25, 0.3) is 0 Å². The van der Waals surface area contributed by atoms with Crippen molar-refractivity contribution in [3.63, 3.8) is 0 Å². The molecule has 0 radical (unpaired) electrons. The number of esters is 2. The molecule has 0 saturated heterocycles. The minimum Gasteiger partial charge on any atom is -0.463 e. The molecule has 0 aliphatic rings. The van der Waals surface area contributed by atoms with E-state index >= 15 is 0 Å². The van der Waals surface area contributed by atoms with E-state index in [1.165, 1.54) is 63.5 Å². The molecule has 0 aromatic carbocycles. The van der Waals surface area contributed by atoms with Gasteiger partial charge in [-0.25, -0.2) is 0 Å². The van der Waals surface area contributed by atoms with Crippen LogP contribution in [0.5, 0.6) is 0 Å². The van der Waals surface area contributed by atoms with Crippen LogP contribution in [0.15, 0.2) is 0 Å². The van der Waals surface area contributed by atoms with Gasteiger partial charge >= 0.3 is 29.1 Å². The van der Waals surface area contributed by atoms with Crippen LogP contribution in [-0.2, 0) is 35.5 Å². The number of unbranched alkanes of at least 4 members (excludes halogenated alkanes) is 12. The lowest BCUT2D eigenvalue weighted by Crippen LogP contribution is -2.51. The fraction of sp³-hybridized carbons (Fsp3) is 0.946. The maximum Gasteiger partial charge on any atom is 0.311 e. The fourth-order valence-electron chi connectivity index (χ4n) is 6.93. The highest BCUT2D eigenvalue weighted by Gasteiger charge is 2.38. The highest BCUT2D eigenvalue weighted by molar-refractivity contribution is 6.88. The second-order valence-corrected chi connectivity index (χ2v) is 44.3. The topological polar surface area (TPSA) is 110 Å². The van der Waals surface area contributed by atoms with Crippen molar-refractivity contribution in [2.24, 2.45) is 0 Å². The van der Waals surface area contributed by atoms with Gasteiger partial charge in [0.15, 0.2) is 33.3 Å². The van der Waals surface area contributed by atoms with Crippen LogP contribution >= 0.6 is 0 Å². The highest BCUT2D eigenvalue weighted by Crippen LogP contribution is 2.26. The molecule has 9 nitrogen and oxygen atoms in total. The van der Waals surface area contributed by atoms with E-state index in [0.717, 1.165) is 38.5 Å². The molecule has 0 unspecified atom stereocenters. The van der Waals surface area contributed by atoms with Crippen LogP contribution in [0.1, 0.15) is 103 Å².